The minimum atomic E-state index is -0.517. The Balaban J connectivity index is 0.000000181. The van der Waals surface area contributed by atoms with Crippen LogP contribution in [0.3, 0.4) is 0 Å². The molecule has 0 amide bonds. The van der Waals surface area contributed by atoms with E-state index in [0.717, 1.165) is 0 Å². The maximum absolute atomic E-state index is 4.37. The first-order chi connectivity index (χ1) is 21.7. The number of hydrogen-bond donors (Lipinski definition) is 0. The van der Waals surface area contributed by atoms with Gasteiger partial charge in [0.1, 0.15) is 0 Å². The van der Waals surface area contributed by atoms with Gasteiger partial charge in [-0.05, 0) is 31.4 Å². The van der Waals surface area contributed by atoms with Crippen molar-refractivity contribution in [1.29, 1.82) is 0 Å². The Labute approximate surface area is 266 Å². The molecule has 0 aliphatic rings. The molecule has 6 rings (SSSR count). The first-order valence-corrected chi connectivity index (χ1v) is 17.3. The molecule has 0 saturated heterocycles. The van der Waals surface area contributed by atoms with Crippen LogP contribution in [0.25, 0.3) is 0 Å². The average Bonchev–Trinajstić information content (AvgIpc) is 3.65. The molecule has 0 fully saturated rings. The number of benzene rings is 5. The minimum Gasteiger partial charge on any atom is -0.327 e. The number of allylic oxidation sites excluding steroid dienone is 2. The topological polar surface area (TPSA) is 17.8 Å². The molecule has 0 aliphatic heterocycles. The van der Waals surface area contributed by atoms with Gasteiger partial charge in [-0.3, -0.25) is 0 Å². The summed E-state index contributed by atoms with van der Waals surface area (Å²) in [5, 5.41) is -0.0902. The summed E-state index contributed by atoms with van der Waals surface area (Å²) in [7, 11) is -0.517. The van der Waals surface area contributed by atoms with E-state index in [1.54, 1.807) is 0 Å². The molecule has 0 saturated carbocycles. The highest BCUT2D eigenvalue weighted by Gasteiger charge is 2.35. The first kappa shape index (κ1) is 30.8. The molecule has 0 spiro atoms. The molecule has 0 bridgehead atoms. The van der Waals surface area contributed by atoms with Crippen molar-refractivity contribution in [2.45, 2.75) is 31.5 Å². The minimum absolute atomic E-state index is 0.0902. The van der Waals surface area contributed by atoms with Crippen LogP contribution in [0, 0.1) is 0 Å². The SMILES string of the molecule is CC=C(C)CC[SiH2]C(c1ccccc1)(c1ccccc1)n1ccnc1.c1ccc(B(c2ccccc2)c2ccccc2)cc1. The molecular weight excluding hydrogens is 547 g/mol. The lowest BCUT2D eigenvalue weighted by atomic mass is 9.37. The Morgan fingerprint density at radius 3 is 1.43 bits per heavy atom. The van der Waals surface area contributed by atoms with Crippen LogP contribution in [0.4, 0.5) is 0 Å². The van der Waals surface area contributed by atoms with E-state index < -0.39 is 9.52 Å². The van der Waals surface area contributed by atoms with Gasteiger partial charge in [0.15, 0.2) is 0 Å². The van der Waals surface area contributed by atoms with Crippen LogP contribution in [-0.2, 0) is 5.16 Å². The van der Waals surface area contributed by atoms with Crippen molar-refractivity contribution in [3.8, 4) is 0 Å². The number of rotatable bonds is 10. The zero-order valence-electron chi connectivity index (χ0n) is 25.8. The van der Waals surface area contributed by atoms with Gasteiger partial charge in [0.2, 0.25) is 6.71 Å². The van der Waals surface area contributed by atoms with Crippen LogP contribution >= 0.6 is 0 Å². The molecule has 2 nitrogen and oxygen atoms in total. The van der Waals surface area contributed by atoms with Gasteiger partial charge in [-0.1, -0.05) is 186 Å². The van der Waals surface area contributed by atoms with Crippen molar-refractivity contribution in [3.63, 3.8) is 0 Å². The van der Waals surface area contributed by atoms with Crippen molar-refractivity contribution in [3.05, 3.63) is 193 Å². The average molecular weight is 589 g/mol. The van der Waals surface area contributed by atoms with Gasteiger partial charge in [-0.15, -0.1) is 0 Å². The van der Waals surface area contributed by atoms with Crippen LogP contribution in [0.1, 0.15) is 31.4 Å². The lowest BCUT2D eigenvalue weighted by Gasteiger charge is -2.37. The smallest absolute Gasteiger partial charge is 0.241 e. The molecule has 0 unspecified atom stereocenters. The molecule has 218 valence electrons. The summed E-state index contributed by atoms with van der Waals surface area (Å²) in [6.45, 7) is 4.68. The van der Waals surface area contributed by atoms with E-state index in [4.69, 9.17) is 0 Å². The molecule has 0 atom stereocenters. The number of hydrogen-bond acceptors (Lipinski definition) is 1. The van der Waals surface area contributed by atoms with Gasteiger partial charge in [0.05, 0.1) is 21.0 Å². The zero-order valence-corrected chi connectivity index (χ0v) is 27.3. The third-order valence-electron chi connectivity index (χ3n) is 8.45. The fourth-order valence-corrected chi connectivity index (χ4v) is 8.82. The van der Waals surface area contributed by atoms with Crippen LogP contribution in [0.5, 0.6) is 0 Å². The molecule has 4 heteroatoms. The van der Waals surface area contributed by atoms with Gasteiger partial charge < -0.3 is 4.57 Å². The first-order valence-electron chi connectivity index (χ1n) is 15.6. The Kier molecular flexibility index (Phi) is 11.0. The highest BCUT2D eigenvalue weighted by atomic mass is 28.2. The quantitative estimate of drug-likeness (QED) is 0.128. The predicted molar refractivity (Wildman–Crippen MR) is 193 cm³/mol. The van der Waals surface area contributed by atoms with Crippen molar-refractivity contribution in [1.82, 2.24) is 9.55 Å². The second kappa shape index (κ2) is 15.7. The maximum atomic E-state index is 4.37. The van der Waals surface area contributed by atoms with E-state index in [1.807, 2.05) is 12.5 Å². The van der Waals surface area contributed by atoms with Gasteiger partial charge in [-0.2, -0.15) is 0 Å². The Hall–Kier alpha value is -4.67. The molecule has 0 radical (unpaired) electrons. The van der Waals surface area contributed by atoms with Gasteiger partial charge in [0, 0.05) is 12.4 Å². The lowest BCUT2D eigenvalue weighted by molar-refractivity contribution is 0.590. The van der Waals surface area contributed by atoms with Crippen LogP contribution in [0.15, 0.2) is 182 Å². The Morgan fingerprint density at radius 1 is 0.659 bits per heavy atom. The molecule has 6 aromatic rings. The second-order valence-electron chi connectivity index (χ2n) is 11.2. The molecule has 0 aliphatic carbocycles. The Morgan fingerprint density at radius 2 is 1.07 bits per heavy atom. The molecule has 1 heterocycles. The normalized spacial score (nSPS) is 11.6. The summed E-state index contributed by atoms with van der Waals surface area (Å²) < 4.78 is 2.33. The predicted octanol–water partition coefficient (Wildman–Crippen LogP) is 6.78. The molecule has 0 N–H and O–H groups in total. The van der Waals surface area contributed by atoms with Crippen LogP contribution in [-0.4, -0.2) is 25.8 Å². The van der Waals surface area contributed by atoms with Gasteiger partial charge in [-0.25, -0.2) is 4.98 Å². The summed E-state index contributed by atoms with van der Waals surface area (Å²) in [6, 6.07) is 55.1. The highest BCUT2D eigenvalue weighted by Crippen LogP contribution is 2.34. The lowest BCUT2D eigenvalue weighted by Crippen LogP contribution is -2.51. The summed E-state index contributed by atoms with van der Waals surface area (Å²) >= 11 is 0. The zero-order chi connectivity index (χ0) is 30.5. The summed E-state index contributed by atoms with van der Waals surface area (Å²) in [5.41, 5.74) is 8.21. The van der Waals surface area contributed by atoms with E-state index in [9.17, 15) is 0 Å². The summed E-state index contributed by atoms with van der Waals surface area (Å²) in [4.78, 5) is 4.37. The van der Waals surface area contributed by atoms with Gasteiger partial charge in [0.25, 0.3) is 0 Å². The molecular formula is C40H41BN2Si. The van der Waals surface area contributed by atoms with E-state index in [0.29, 0.717) is 6.71 Å². The molecule has 44 heavy (non-hydrogen) atoms. The second-order valence-corrected chi connectivity index (χ2v) is 13.4. The van der Waals surface area contributed by atoms with Crippen molar-refractivity contribution in [2.75, 3.05) is 0 Å². The third kappa shape index (κ3) is 7.45. The van der Waals surface area contributed by atoms with E-state index in [1.165, 1.54) is 45.6 Å². The van der Waals surface area contributed by atoms with E-state index in [-0.39, 0.29) is 5.16 Å². The molecule has 5 aromatic carbocycles. The molecule has 1 aromatic heterocycles. The van der Waals surface area contributed by atoms with Crippen LogP contribution in [0.2, 0.25) is 6.04 Å². The largest absolute Gasteiger partial charge is 0.327 e. The highest BCUT2D eigenvalue weighted by molar-refractivity contribution is 6.95. The third-order valence-corrected chi connectivity index (χ3v) is 11.1. The fraction of sp³-hybridized carbons (Fsp3) is 0.125. The fourth-order valence-electron chi connectivity index (χ4n) is 6.08. The van der Waals surface area contributed by atoms with Crippen molar-refractivity contribution < 1.29 is 0 Å². The Bertz CT molecular complexity index is 1540. The maximum Gasteiger partial charge on any atom is 0.241 e. The van der Waals surface area contributed by atoms with Crippen molar-refractivity contribution >= 4 is 32.6 Å². The number of imidazole rings is 1. The monoisotopic (exact) mass is 588 g/mol. The van der Waals surface area contributed by atoms with Gasteiger partial charge >= 0.3 is 0 Å². The number of nitrogens with zero attached hydrogens (tertiary/aromatic N) is 2. The van der Waals surface area contributed by atoms with E-state index in [2.05, 4.69) is 187 Å². The summed E-state index contributed by atoms with van der Waals surface area (Å²) in [6.07, 6.45) is 9.41. The van der Waals surface area contributed by atoms with Crippen LogP contribution < -0.4 is 16.4 Å². The number of aromatic nitrogens is 2. The summed E-state index contributed by atoms with van der Waals surface area (Å²) in [5.74, 6) is 0. The van der Waals surface area contributed by atoms with Crippen molar-refractivity contribution in [2.24, 2.45) is 0 Å². The van der Waals surface area contributed by atoms with E-state index >= 15 is 0 Å². The standard InChI is InChI=1S/C22H26N2Si.C18H15B/c1-3-19(2)14-17-25-22(24-16-15-23-18-24,20-10-6-4-7-11-20)21-12-8-5-9-13-21;1-4-10-16(11-5-1)19(17-12-6-2-7-13-17)18-14-8-3-9-15-18/h3-13,15-16,18H,14,17,25H2,1-2H3;1-15H.